The van der Waals surface area contributed by atoms with Crippen molar-refractivity contribution in [2.75, 3.05) is 0 Å². The standard InChI is InChI=1S/C20H32N2O/c1-13(2)12-22-16(7)19(11-21-14(3)4)18-10-17(23-15(5)6)8-9-20(18)22/h8-10,13-15,21H,11-12H2,1-7H3. The van der Waals surface area contributed by atoms with Gasteiger partial charge in [0.25, 0.3) is 0 Å². The first-order valence-electron chi connectivity index (χ1n) is 8.81. The molecule has 2 aromatic rings. The Morgan fingerprint density at radius 3 is 2.35 bits per heavy atom. The largest absolute Gasteiger partial charge is 0.491 e. The molecule has 128 valence electrons. The zero-order valence-electron chi connectivity index (χ0n) is 15.7. The smallest absolute Gasteiger partial charge is 0.120 e. The average molecular weight is 316 g/mol. The van der Waals surface area contributed by atoms with Crippen LogP contribution in [0, 0.1) is 12.8 Å². The molecule has 0 radical (unpaired) electrons. The summed E-state index contributed by atoms with van der Waals surface area (Å²) in [6.45, 7) is 17.3. The van der Waals surface area contributed by atoms with E-state index in [9.17, 15) is 0 Å². The van der Waals surface area contributed by atoms with Gasteiger partial charge in [-0.3, -0.25) is 0 Å². The van der Waals surface area contributed by atoms with E-state index in [1.807, 2.05) is 0 Å². The Hall–Kier alpha value is -1.48. The fourth-order valence-corrected chi connectivity index (χ4v) is 3.01. The molecular weight excluding hydrogens is 284 g/mol. The lowest BCUT2D eigenvalue weighted by Crippen LogP contribution is -2.22. The first kappa shape index (κ1) is 17.9. The molecule has 0 saturated heterocycles. The highest BCUT2D eigenvalue weighted by Gasteiger charge is 2.16. The number of hydrogen-bond acceptors (Lipinski definition) is 2. The van der Waals surface area contributed by atoms with Crippen LogP contribution >= 0.6 is 0 Å². The Morgan fingerprint density at radius 2 is 1.78 bits per heavy atom. The van der Waals surface area contributed by atoms with Crippen LogP contribution < -0.4 is 10.1 Å². The SMILES string of the molecule is Cc1c(CNC(C)C)c2cc(OC(C)C)ccc2n1CC(C)C. The van der Waals surface area contributed by atoms with Crippen LogP contribution in [-0.2, 0) is 13.1 Å². The molecule has 1 heterocycles. The second-order valence-electron chi connectivity index (χ2n) is 7.45. The summed E-state index contributed by atoms with van der Waals surface area (Å²) in [5.74, 6) is 1.58. The first-order valence-corrected chi connectivity index (χ1v) is 8.81. The van der Waals surface area contributed by atoms with E-state index in [4.69, 9.17) is 4.74 Å². The van der Waals surface area contributed by atoms with Gasteiger partial charge in [0.2, 0.25) is 0 Å². The van der Waals surface area contributed by atoms with Gasteiger partial charge in [0.1, 0.15) is 5.75 Å². The molecule has 3 heteroatoms. The maximum absolute atomic E-state index is 5.90. The number of nitrogens with zero attached hydrogens (tertiary/aromatic N) is 1. The number of hydrogen-bond donors (Lipinski definition) is 1. The Morgan fingerprint density at radius 1 is 1.09 bits per heavy atom. The molecule has 0 aliphatic heterocycles. The normalized spacial score (nSPS) is 12.1. The molecule has 0 aliphatic carbocycles. The third-order valence-electron chi connectivity index (χ3n) is 4.03. The van der Waals surface area contributed by atoms with E-state index < -0.39 is 0 Å². The summed E-state index contributed by atoms with van der Waals surface area (Å²) < 4.78 is 8.36. The van der Waals surface area contributed by atoms with Gasteiger partial charge in [0.05, 0.1) is 6.10 Å². The fourth-order valence-electron chi connectivity index (χ4n) is 3.01. The Kier molecular flexibility index (Phi) is 5.74. The number of aromatic nitrogens is 1. The van der Waals surface area contributed by atoms with Gasteiger partial charge in [-0.2, -0.15) is 0 Å². The predicted octanol–water partition coefficient (Wildman–Crippen LogP) is 4.89. The van der Waals surface area contributed by atoms with Gasteiger partial charge in [-0.15, -0.1) is 0 Å². The van der Waals surface area contributed by atoms with E-state index >= 15 is 0 Å². The van der Waals surface area contributed by atoms with Crippen molar-refractivity contribution in [2.24, 2.45) is 5.92 Å². The molecule has 2 rings (SSSR count). The van der Waals surface area contributed by atoms with Crippen LogP contribution in [0.5, 0.6) is 5.75 Å². The van der Waals surface area contributed by atoms with Crippen molar-refractivity contribution in [3.05, 3.63) is 29.5 Å². The van der Waals surface area contributed by atoms with Crippen LogP contribution in [0.25, 0.3) is 10.9 Å². The van der Waals surface area contributed by atoms with Crippen molar-refractivity contribution < 1.29 is 4.74 Å². The Labute approximate surface area is 141 Å². The number of rotatable bonds is 7. The summed E-state index contributed by atoms with van der Waals surface area (Å²) in [5, 5.41) is 4.88. The number of fused-ring (bicyclic) bond motifs is 1. The molecule has 0 aliphatic rings. The van der Waals surface area contributed by atoms with Crippen LogP contribution in [0.4, 0.5) is 0 Å². The Balaban J connectivity index is 2.51. The molecular formula is C20H32N2O. The maximum atomic E-state index is 5.90. The van der Waals surface area contributed by atoms with Crippen molar-refractivity contribution in [3.63, 3.8) is 0 Å². The van der Waals surface area contributed by atoms with Crippen molar-refractivity contribution in [1.29, 1.82) is 0 Å². The van der Waals surface area contributed by atoms with Gasteiger partial charge >= 0.3 is 0 Å². The van der Waals surface area contributed by atoms with Crippen molar-refractivity contribution in [3.8, 4) is 5.75 Å². The van der Waals surface area contributed by atoms with Crippen LogP contribution in [0.3, 0.4) is 0 Å². The first-order chi connectivity index (χ1) is 10.8. The van der Waals surface area contributed by atoms with Gasteiger partial charge < -0.3 is 14.6 Å². The molecule has 0 amide bonds. The van der Waals surface area contributed by atoms with Gasteiger partial charge in [0.15, 0.2) is 0 Å². The number of nitrogens with one attached hydrogen (secondary N) is 1. The van der Waals surface area contributed by atoms with E-state index in [2.05, 4.69) is 76.5 Å². The second kappa shape index (κ2) is 7.39. The molecule has 1 N–H and O–H groups in total. The van der Waals surface area contributed by atoms with Crippen molar-refractivity contribution in [1.82, 2.24) is 9.88 Å². The van der Waals surface area contributed by atoms with Crippen LogP contribution in [0.15, 0.2) is 18.2 Å². The third kappa shape index (κ3) is 4.29. The molecule has 0 atom stereocenters. The van der Waals surface area contributed by atoms with E-state index in [0.717, 1.165) is 18.8 Å². The van der Waals surface area contributed by atoms with Crippen LogP contribution in [-0.4, -0.2) is 16.7 Å². The van der Waals surface area contributed by atoms with Crippen LogP contribution in [0.2, 0.25) is 0 Å². The number of benzene rings is 1. The highest BCUT2D eigenvalue weighted by molar-refractivity contribution is 5.87. The summed E-state index contributed by atoms with van der Waals surface area (Å²) in [4.78, 5) is 0. The average Bonchev–Trinajstić information content (AvgIpc) is 2.68. The monoisotopic (exact) mass is 316 g/mol. The van der Waals surface area contributed by atoms with Gasteiger partial charge in [0, 0.05) is 35.7 Å². The Bertz CT molecular complexity index is 653. The van der Waals surface area contributed by atoms with E-state index in [0.29, 0.717) is 12.0 Å². The van der Waals surface area contributed by atoms with Crippen molar-refractivity contribution >= 4 is 10.9 Å². The molecule has 3 nitrogen and oxygen atoms in total. The summed E-state index contributed by atoms with van der Waals surface area (Å²) in [6.07, 6.45) is 0.198. The second-order valence-corrected chi connectivity index (χ2v) is 7.45. The summed E-state index contributed by atoms with van der Waals surface area (Å²) in [7, 11) is 0. The predicted molar refractivity (Wildman–Crippen MR) is 99.3 cm³/mol. The van der Waals surface area contributed by atoms with E-state index in [-0.39, 0.29) is 6.10 Å². The van der Waals surface area contributed by atoms with Gasteiger partial charge in [-0.1, -0.05) is 27.7 Å². The van der Waals surface area contributed by atoms with E-state index in [1.165, 1.54) is 22.2 Å². The number of ether oxygens (including phenoxy) is 1. The minimum Gasteiger partial charge on any atom is -0.491 e. The molecule has 0 fully saturated rings. The van der Waals surface area contributed by atoms with Gasteiger partial charge in [-0.05, 0) is 50.5 Å². The van der Waals surface area contributed by atoms with E-state index in [1.54, 1.807) is 0 Å². The zero-order valence-corrected chi connectivity index (χ0v) is 15.7. The lowest BCUT2D eigenvalue weighted by atomic mass is 10.1. The molecule has 0 unspecified atom stereocenters. The summed E-state index contributed by atoms with van der Waals surface area (Å²) in [6, 6.07) is 6.99. The summed E-state index contributed by atoms with van der Waals surface area (Å²) >= 11 is 0. The molecule has 1 aromatic heterocycles. The minimum atomic E-state index is 0.198. The molecule has 1 aromatic carbocycles. The van der Waals surface area contributed by atoms with Gasteiger partial charge in [-0.25, -0.2) is 0 Å². The van der Waals surface area contributed by atoms with Crippen molar-refractivity contribution in [2.45, 2.75) is 73.7 Å². The van der Waals surface area contributed by atoms with Crippen LogP contribution in [0.1, 0.15) is 52.8 Å². The lowest BCUT2D eigenvalue weighted by molar-refractivity contribution is 0.243. The molecule has 0 saturated carbocycles. The fraction of sp³-hybridized carbons (Fsp3) is 0.600. The topological polar surface area (TPSA) is 26.2 Å². The highest BCUT2D eigenvalue weighted by Crippen LogP contribution is 2.30. The highest BCUT2D eigenvalue weighted by atomic mass is 16.5. The molecule has 0 spiro atoms. The maximum Gasteiger partial charge on any atom is 0.120 e. The lowest BCUT2D eigenvalue weighted by Gasteiger charge is -2.12. The zero-order chi connectivity index (χ0) is 17.1. The quantitative estimate of drug-likeness (QED) is 0.787. The molecule has 23 heavy (non-hydrogen) atoms. The summed E-state index contributed by atoms with van der Waals surface area (Å²) in [5.41, 5.74) is 4.07. The third-order valence-corrected chi connectivity index (χ3v) is 4.03. The molecule has 0 bridgehead atoms. The minimum absolute atomic E-state index is 0.198.